The number of nitrogens with zero attached hydrogens (tertiary/aromatic N) is 1. The minimum atomic E-state index is -3.70. The first-order chi connectivity index (χ1) is 15.3. The highest BCUT2D eigenvalue weighted by molar-refractivity contribution is 7.92. The average molecular weight is 453 g/mol. The molecule has 32 heavy (non-hydrogen) atoms. The number of amides is 1. The number of nitrogens with one attached hydrogen (secondary N) is 1. The van der Waals surface area contributed by atoms with Crippen molar-refractivity contribution >= 4 is 21.6 Å². The van der Waals surface area contributed by atoms with Gasteiger partial charge >= 0.3 is 0 Å². The molecule has 3 aromatic rings. The predicted octanol–water partition coefficient (Wildman–Crippen LogP) is 4.07. The third-order valence-corrected chi connectivity index (χ3v) is 6.09. The zero-order valence-electron chi connectivity index (χ0n) is 18.5. The topological polar surface area (TPSA) is 75.7 Å². The van der Waals surface area contributed by atoms with E-state index in [9.17, 15) is 13.2 Å². The monoisotopic (exact) mass is 452 g/mol. The Morgan fingerprint density at radius 1 is 0.969 bits per heavy atom. The summed E-state index contributed by atoms with van der Waals surface area (Å²) in [4.78, 5) is 13.1. The second-order valence-corrected chi connectivity index (χ2v) is 9.43. The molecule has 3 rings (SSSR count). The normalized spacial score (nSPS) is 12.1. The molecule has 1 N–H and O–H groups in total. The molecule has 0 bridgehead atoms. The number of ether oxygens (including phenoxy) is 1. The van der Waals surface area contributed by atoms with Crippen molar-refractivity contribution in [2.24, 2.45) is 0 Å². The summed E-state index contributed by atoms with van der Waals surface area (Å²) < 4.78 is 31.6. The Bertz CT molecular complexity index is 1150. The fraction of sp³-hybridized carbons (Fsp3) is 0.240. The van der Waals surface area contributed by atoms with Crippen LogP contribution < -0.4 is 14.4 Å². The fourth-order valence-electron chi connectivity index (χ4n) is 3.40. The number of rotatable bonds is 9. The van der Waals surface area contributed by atoms with Crippen molar-refractivity contribution in [2.75, 3.05) is 23.7 Å². The Balaban J connectivity index is 1.87. The number of sulfonamides is 1. The van der Waals surface area contributed by atoms with Crippen LogP contribution in [0.1, 0.15) is 29.7 Å². The summed E-state index contributed by atoms with van der Waals surface area (Å²) in [5.41, 5.74) is 3.32. The van der Waals surface area contributed by atoms with Crippen molar-refractivity contribution in [3.8, 4) is 5.75 Å². The number of anilines is 1. The van der Waals surface area contributed by atoms with Gasteiger partial charge in [0.15, 0.2) is 0 Å². The Morgan fingerprint density at radius 3 is 2.25 bits per heavy atom. The molecule has 168 valence electrons. The van der Waals surface area contributed by atoms with Crippen molar-refractivity contribution in [2.45, 2.75) is 19.9 Å². The summed E-state index contributed by atoms with van der Waals surface area (Å²) in [5.74, 6) is 0.132. The van der Waals surface area contributed by atoms with Gasteiger partial charge in [0.25, 0.3) is 0 Å². The van der Waals surface area contributed by atoms with Gasteiger partial charge in [-0.3, -0.25) is 9.10 Å². The van der Waals surface area contributed by atoms with E-state index < -0.39 is 22.0 Å². The molecule has 1 atom stereocenters. The van der Waals surface area contributed by atoms with E-state index in [1.165, 1.54) is 0 Å². The van der Waals surface area contributed by atoms with Crippen LogP contribution in [0.25, 0.3) is 0 Å². The van der Waals surface area contributed by atoms with Gasteiger partial charge in [0.1, 0.15) is 12.3 Å². The number of carbonyl (C=O) groups is 1. The Labute approximate surface area is 189 Å². The minimum absolute atomic E-state index is 0.344. The first kappa shape index (κ1) is 23.3. The Hall–Kier alpha value is -3.32. The van der Waals surface area contributed by atoms with Gasteiger partial charge in [-0.1, -0.05) is 66.2 Å². The van der Waals surface area contributed by atoms with Crippen LogP contribution in [-0.4, -0.2) is 33.7 Å². The molecule has 0 radical (unpaired) electrons. The van der Waals surface area contributed by atoms with Crippen molar-refractivity contribution in [1.82, 2.24) is 5.32 Å². The predicted molar refractivity (Wildman–Crippen MR) is 127 cm³/mol. The molecule has 0 aromatic heterocycles. The highest BCUT2D eigenvalue weighted by Crippen LogP contribution is 2.25. The van der Waals surface area contributed by atoms with Gasteiger partial charge in [-0.05, 0) is 37.1 Å². The maximum atomic E-state index is 13.1. The lowest BCUT2D eigenvalue weighted by molar-refractivity contribution is -0.120. The highest BCUT2D eigenvalue weighted by Gasteiger charge is 2.24. The van der Waals surface area contributed by atoms with Crippen LogP contribution in [0.3, 0.4) is 0 Å². The van der Waals surface area contributed by atoms with Gasteiger partial charge in [-0.15, -0.1) is 0 Å². The molecule has 0 aliphatic rings. The van der Waals surface area contributed by atoms with E-state index in [1.807, 2.05) is 68.4 Å². The zero-order valence-corrected chi connectivity index (χ0v) is 19.3. The molecule has 0 saturated carbocycles. The SMILES string of the molecule is CCOc1cccc(N(CC(=O)NC(c2ccccc2)c2ccc(C)cc2)S(C)(=O)=O)c1. The largest absolute Gasteiger partial charge is 0.494 e. The standard InChI is InChI=1S/C25H28N2O4S/c1-4-31-23-12-8-11-22(17-23)27(32(3,29)30)18-24(28)26-25(20-9-6-5-7-10-20)21-15-13-19(2)14-16-21/h5-17,25H,4,18H2,1-3H3,(H,26,28). The summed E-state index contributed by atoms with van der Waals surface area (Å²) in [7, 11) is -3.70. The molecule has 0 fully saturated rings. The Morgan fingerprint density at radius 2 is 1.62 bits per heavy atom. The smallest absolute Gasteiger partial charge is 0.241 e. The quantitative estimate of drug-likeness (QED) is 0.531. The van der Waals surface area contributed by atoms with E-state index in [1.54, 1.807) is 24.3 Å². The van der Waals surface area contributed by atoms with E-state index in [2.05, 4.69) is 5.32 Å². The van der Waals surface area contributed by atoms with E-state index in [-0.39, 0.29) is 6.54 Å². The molecule has 0 saturated heterocycles. The summed E-state index contributed by atoms with van der Waals surface area (Å²) in [6.45, 7) is 3.96. The zero-order chi connectivity index (χ0) is 23.1. The van der Waals surface area contributed by atoms with Crippen LogP contribution in [0, 0.1) is 6.92 Å². The number of aryl methyl sites for hydroxylation is 1. The lowest BCUT2D eigenvalue weighted by atomic mass is 9.98. The third kappa shape index (κ3) is 6.11. The molecule has 0 spiro atoms. The van der Waals surface area contributed by atoms with Crippen molar-refractivity contribution in [3.63, 3.8) is 0 Å². The summed E-state index contributed by atoms with van der Waals surface area (Å²) in [6, 6.07) is 23.8. The minimum Gasteiger partial charge on any atom is -0.494 e. The van der Waals surface area contributed by atoms with E-state index in [0.717, 1.165) is 27.3 Å². The number of carbonyl (C=O) groups excluding carboxylic acids is 1. The first-order valence-corrected chi connectivity index (χ1v) is 12.2. The number of hydrogen-bond donors (Lipinski definition) is 1. The maximum Gasteiger partial charge on any atom is 0.241 e. The summed E-state index contributed by atoms with van der Waals surface area (Å²) in [5, 5.41) is 3.00. The number of hydrogen-bond acceptors (Lipinski definition) is 4. The van der Waals surface area contributed by atoms with Gasteiger partial charge in [0.2, 0.25) is 15.9 Å². The van der Waals surface area contributed by atoms with Crippen LogP contribution in [-0.2, 0) is 14.8 Å². The van der Waals surface area contributed by atoms with Gasteiger partial charge in [-0.2, -0.15) is 0 Å². The second kappa shape index (κ2) is 10.3. The van der Waals surface area contributed by atoms with Crippen LogP contribution in [0.5, 0.6) is 5.75 Å². The molecular weight excluding hydrogens is 424 g/mol. The van der Waals surface area contributed by atoms with Crippen molar-refractivity contribution in [3.05, 3.63) is 95.6 Å². The molecule has 0 aliphatic heterocycles. The molecule has 1 unspecified atom stereocenters. The average Bonchev–Trinajstić information content (AvgIpc) is 2.77. The molecule has 6 nitrogen and oxygen atoms in total. The van der Waals surface area contributed by atoms with Gasteiger partial charge < -0.3 is 10.1 Å². The first-order valence-electron chi connectivity index (χ1n) is 10.4. The van der Waals surface area contributed by atoms with E-state index in [4.69, 9.17) is 4.74 Å². The lowest BCUT2D eigenvalue weighted by Crippen LogP contribution is -2.41. The van der Waals surface area contributed by atoms with Gasteiger partial charge in [-0.25, -0.2) is 8.42 Å². The summed E-state index contributed by atoms with van der Waals surface area (Å²) in [6.07, 6.45) is 1.09. The maximum absolute atomic E-state index is 13.1. The Kier molecular flexibility index (Phi) is 7.53. The molecule has 7 heteroatoms. The molecule has 0 aliphatic carbocycles. The molecular formula is C25H28N2O4S. The van der Waals surface area contributed by atoms with Crippen LogP contribution in [0.15, 0.2) is 78.9 Å². The second-order valence-electron chi connectivity index (χ2n) is 7.52. The van der Waals surface area contributed by atoms with E-state index in [0.29, 0.717) is 18.0 Å². The third-order valence-electron chi connectivity index (χ3n) is 4.95. The molecule has 0 heterocycles. The molecule has 3 aromatic carbocycles. The van der Waals surface area contributed by atoms with Crippen molar-refractivity contribution < 1.29 is 17.9 Å². The van der Waals surface area contributed by atoms with Crippen LogP contribution >= 0.6 is 0 Å². The fourth-order valence-corrected chi connectivity index (χ4v) is 4.24. The van der Waals surface area contributed by atoms with Crippen LogP contribution in [0.2, 0.25) is 0 Å². The van der Waals surface area contributed by atoms with Gasteiger partial charge in [0, 0.05) is 6.07 Å². The van der Waals surface area contributed by atoms with E-state index >= 15 is 0 Å². The molecule has 1 amide bonds. The lowest BCUT2D eigenvalue weighted by Gasteiger charge is -2.25. The van der Waals surface area contributed by atoms with Crippen molar-refractivity contribution in [1.29, 1.82) is 0 Å². The summed E-state index contributed by atoms with van der Waals surface area (Å²) >= 11 is 0. The number of benzene rings is 3. The van der Waals surface area contributed by atoms with Crippen LogP contribution in [0.4, 0.5) is 5.69 Å². The highest BCUT2D eigenvalue weighted by atomic mass is 32.2. The van der Waals surface area contributed by atoms with Gasteiger partial charge in [0.05, 0.1) is 24.6 Å².